The minimum absolute atomic E-state index is 0.263. The van der Waals surface area contributed by atoms with Gasteiger partial charge in [-0.25, -0.2) is 9.59 Å². The number of nitrogens with one attached hydrogen (secondary N) is 2. The van der Waals surface area contributed by atoms with Crippen molar-refractivity contribution in [3.63, 3.8) is 0 Å². The molecule has 0 aromatic heterocycles. The second kappa shape index (κ2) is 7.69. The van der Waals surface area contributed by atoms with Crippen LogP contribution in [0.4, 0.5) is 4.79 Å². The number of benzene rings is 1. The van der Waals surface area contributed by atoms with Crippen molar-refractivity contribution in [3.8, 4) is 11.5 Å². The maximum atomic E-state index is 12.1. The van der Waals surface area contributed by atoms with E-state index in [1.165, 1.54) is 14.0 Å². The highest BCUT2D eigenvalue weighted by molar-refractivity contribution is 5.95. The number of ether oxygens (including phenoxy) is 3. The number of esters is 2. The summed E-state index contributed by atoms with van der Waals surface area (Å²) in [6, 6.07) is 3.67. The van der Waals surface area contributed by atoms with Crippen LogP contribution in [0.25, 0.3) is 0 Å². The number of allylic oxidation sites excluding steroid dienone is 1. The Bertz CT molecular complexity index is 741. The standard InChI is InChI=1S/C17H20N2O6/c1-5-24-13-8-11(6-7-12(13)25-10(3)20)15-14(16(21)23-4)9(2)18-17(22)19-15/h6-8,15H,5H2,1-4H3,(H2,18,19,22)/t15-/m0/s1. The highest BCUT2D eigenvalue weighted by Crippen LogP contribution is 2.34. The van der Waals surface area contributed by atoms with Gasteiger partial charge in [-0.15, -0.1) is 0 Å². The highest BCUT2D eigenvalue weighted by Gasteiger charge is 2.32. The predicted octanol–water partition coefficient (Wildman–Crippen LogP) is 1.81. The number of amides is 2. The Labute approximate surface area is 145 Å². The Kier molecular flexibility index (Phi) is 5.63. The number of carbonyl (C=O) groups is 3. The largest absolute Gasteiger partial charge is 0.490 e. The van der Waals surface area contributed by atoms with E-state index in [1.807, 2.05) is 0 Å². The van der Waals surface area contributed by atoms with Gasteiger partial charge in [0.05, 0.1) is 25.3 Å². The van der Waals surface area contributed by atoms with Crippen LogP contribution >= 0.6 is 0 Å². The summed E-state index contributed by atoms with van der Waals surface area (Å²) in [5.41, 5.74) is 1.28. The summed E-state index contributed by atoms with van der Waals surface area (Å²) >= 11 is 0. The number of rotatable bonds is 5. The van der Waals surface area contributed by atoms with E-state index in [2.05, 4.69) is 10.6 Å². The molecule has 8 nitrogen and oxygen atoms in total. The van der Waals surface area contributed by atoms with E-state index < -0.39 is 24.0 Å². The molecule has 0 saturated carbocycles. The molecule has 1 aromatic rings. The molecule has 0 radical (unpaired) electrons. The van der Waals surface area contributed by atoms with E-state index in [-0.39, 0.29) is 11.3 Å². The van der Waals surface area contributed by atoms with Crippen LogP contribution < -0.4 is 20.1 Å². The van der Waals surface area contributed by atoms with Gasteiger partial charge in [-0.2, -0.15) is 0 Å². The molecular formula is C17H20N2O6. The molecule has 25 heavy (non-hydrogen) atoms. The van der Waals surface area contributed by atoms with Gasteiger partial charge >= 0.3 is 18.0 Å². The van der Waals surface area contributed by atoms with Crippen molar-refractivity contribution in [2.45, 2.75) is 26.8 Å². The highest BCUT2D eigenvalue weighted by atomic mass is 16.6. The smallest absolute Gasteiger partial charge is 0.337 e. The first-order chi connectivity index (χ1) is 11.9. The summed E-state index contributed by atoms with van der Waals surface area (Å²) in [5, 5.41) is 5.24. The van der Waals surface area contributed by atoms with Crippen molar-refractivity contribution in [1.29, 1.82) is 0 Å². The maximum Gasteiger partial charge on any atom is 0.337 e. The van der Waals surface area contributed by atoms with E-state index in [0.29, 0.717) is 23.6 Å². The second-order valence-corrected chi connectivity index (χ2v) is 5.29. The summed E-state index contributed by atoms with van der Waals surface area (Å²) in [6.45, 7) is 5.06. The van der Waals surface area contributed by atoms with Crippen molar-refractivity contribution in [2.75, 3.05) is 13.7 Å². The molecule has 134 valence electrons. The van der Waals surface area contributed by atoms with Gasteiger partial charge in [-0.1, -0.05) is 6.07 Å². The van der Waals surface area contributed by atoms with Crippen LogP contribution in [0.15, 0.2) is 29.5 Å². The fraction of sp³-hybridized carbons (Fsp3) is 0.353. The zero-order valence-corrected chi connectivity index (χ0v) is 14.5. The molecule has 0 bridgehead atoms. The van der Waals surface area contributed by atoms with Gasteiger partial charge in [0, 0.05) is 12.6 Å². The number of methoxy groups -OCH3 is 1. The third-order valence-corrected chi connectivity index (χ3v) is 3.53. The Morgan fingerprint density at radius 3 is 2.56 bits per heavy atom. The Morgan fingerprint density at radius 2 is 1.96 bits per heavy atom. The maximum absolute atomic E-state index is 12.1. The lowest BCUT2D eigenvalue weighted by Crippen LogP contribution is -2.45. The molecule has 8 heteroatoms. The minimum atomic E-state index is -0.716. The van der Waals surface area contributed by atoms with E-state index in [1.54, 1.807) is 32.0 Å². The van der Waals surface area contributed by atoms with Crippen LogP contribution in [-0.2, 0) is 14.3 Å². The van der Waals surface area contributed by atoms with E-state index in [0.717, 1.165) is 0 Å². The topological polar surface area (TPSA) is 103 Å². The van der Waals surface area contributed by atoms with E-state index in [9.17, 15) is 14.4 Å². The van der Waals surface area contributed by atoms with Crippen molar-refractivity contribution in [2.24, 2.45) is 0 Å². The molecule has 1 atom stereocenters. The molecule has 0 saturated heterocycles. The van der Waals surface area contributed by atoms with Gasteiger partial charge in [0.1, 0.15) is 0 Å². The molecule has 2 amide bonds. The number of urea groups is 1. The summed E-state index contributed by atoms with van der Waals surface area (Å²) < 4.78 is 15.4. The summed E-state index contributed by atoms with van der Waals surface area (Å²) in [6.07, 6.45) is 0. The van der Waals surface area contributed by atoms with Gasteiger partial charge in [0.25, 0.3) is 0 Å². The Balaban J connectivity index is 2.49. The molecule has 1 heterocycles. The molecular weight excluding hydrogens is 328 g/mol. The fourth-order valence-corrected chi connectivity index (χ4v) is 2.54. The Morgan fingerprint density at radius 1 is 1.24 bits per heavy atom. The van der Waals surface area contributed by atoms with Crippen LogP contribution in [0.2, 0.25) is 0 Å². The SMILES string of the molecule is CCOc1cc([C@@H]2NC(=O)NC(C)=C2C(=O)OC)ccc1OC(C)=O. The van der Waals surface area contributed by atoms with E-state index in [4.69, 9.17) is 14.2 Å². The average molecular weight is 348 g/mol. The van der Waals surface area contributed by atoms with Gasteiger partial charge < -0.3 is 24.8 Å². The lowest BCUT2D eigenvalue weighted by atomic mass is 9.95. The van der Waals surface area contributed by atoms with Gasteiger partial charge in [-0.3, -0.25) is 4.79 Å². The minimum Gasteiger partial charge on any atom is -0.490 e. The van der Waals surface area contributed by atoms with Crippen molar-refractivity contribution < 1.29 is 28.6 Å². The van der Waals surface area contributed by atoms with Crippen LogP contribution in [0, 0.1) is 0 Å². The van der Waals surface area contributed by atoms with Crippen LogP contribution in [0.1, 0.15) is 32.4 Å². The lowest BCUT2D eigenvalue weighted by Gasteiger charge is -2.28. The normalized spacial score (nSPS) is 16.6. The Hall–Kier alpha value is -3.03. The van der Waals surface area contributed by atoms with Crippen molar-refractivity contribution in [3.05, 3.63) is 35.0 Å². The molecule has 0 fully saturated rings. The summed E-state index contributed by atoms with van der Waals surface area (Å²) in [5.74, 6) is -0.435. The van der Waals surface area contributed by atoms with E-state index >= 15 is 0 Å². The van der Waals surface area contributed by atoms with Crippen molar-refractivity contribution in [1.82, 2.24) is 10.6 Å². The number of hydrogen-bond acceptors (Lipinski definition) is 6. The fourth-order valence-electron chi connectivity index (χ4n) is 2.54. The predicted molar refractivity (Wildman–Crippen MR) is 88.0 cm³/mol. The van der Waals surface area contributed by atoms with Crippen LogP contribution in [-0.4, -0.2) is 31.7 Å². The lowest BCUT2D eigenvalue weighted by molar-refractivity contribution is -0.136. The molecule has 1 aromatic carbocycles. The molecule has 2 N–H and O–H groups in total. The average Bonchev–Trinajstić information content (AvgIpc) is 2.55. The molecule has 1 aliphatic rings. The molecule has 0 unspecified atom stereocenters. The molecule has 2 rings (SSSR count). The number of carbonyl (C=O) groups excluding carboxylic acids is 3. The molecule has 1 aliphatic heterocycles. The third kappa shape index (κ3) is 4.09. The molecule has 0 spiro atoms. The number of hydrogen-bond donors (Lipinski definition) is 2. The van der Waals surface area contributed by atoms with Crippen LogP contribution in [0.5, 0.6) is 11.5 Å². The summed E-state index contributed by atoms with van der Waals surface area (Å²) in [7, 11) is 1.27. The third-order valence-electron chi connectivity index (χ3n) is 3.53. The zero-order chi connectivity index (χ0) is 18.6. The molecule has 0 aliphatic carbocycles. The summed E-state index contributed by atoms with van der Waals surface area (Å²) in [4.78, 5) is 35.2. The first-order valence-electron chi connectivity index (χ1n) is 7.69. The van der Waals surface area contributed by atoms with Crippen LogP contribution in [0.3, 0.4) is 0 Å². The first-order valence-corrected chi connectivity index (χ1v) is 7.69. The quantitative estimate of drug-likeness (QED) is 0.621. The zero-order valence-electron chi connectivity index (χ0n) is 14.5. The monoisotopic (exact) mass is 348 g/mol. The first kappa shape index (κ1) is 18.3. The van der Waals surface area contributed by atoms with Gasteiger partial charge in [-0.05, 0) is 31.5 Å². The second-order valence-electron chi connectivity index (χ2n) is 5.29. The van der Waals surface area contributed by atoms with Gasteiger partial charge in [0.15, 0.2) is 11.5 Å². The van der Waals surface area contributed by atoms with Gasteiger partial charge in [0.2, 0.25) is 0 Å². The van der Waals surface area contributed by atoms with Crippen molar-refractivity contribution >= 4 is 18.0 Å².